The van der Waals surface area contributed by atoms with Gasteiger partial charge >= 0.3 is 0 Å². The SMILES string of the molecule is Cc1nc(N(C)C)sc1-c1ccc(S(C)(=O)=O)cc1. The van der Waals surface area contributed by atoms with Crippen LogP contribution in [-0.4, -0.2) is 33.8 Å². The lowest BCUT2D eigenvalue weighted by atomic mass is 10.2. The maximum Gasteiger partial charge on any atom is 0.185 e. The summed E-state index contributed by atoms with van der Waals surface area (Å²) in [6.45, 7) is 1.96. The first kappa shape index (κ1) is 14.0. The topological polar surface area (TPSA) is 50.3 Å². The van der Waals surface area contributed by atoms with Crippen LogP contribution >= 0.6 is 11.3 Å². The number of benzene rings is 1. The van der Waals surface area contributed by atoms with Crippen LogP contribution in [0.1, 0.15) is 5.69 Å². The van der Waals surface area contributed by atoms with Gasteiger partial charge in [0.25, 0.3) is 0 Å². The number of thiazole rings is 1. The van der Waals surface area contributed by atoms with Crippen molar-refractivity contribution in [3.05, 3.63) is 30.0 Å². The van der Waals surface area contributed by atoms with Gasteiger partial charge in [-0.2, -0.15) is 0 Å². The van der Waals surface area contributed by atoms with Gasteiger partial charge in [0, 0.05) is 20.4 Å². The van der Waals surface area contributed by atoms with Gasteiger partial charge in [-0.3, -0.25) is 0 Å². The van der Waals surface area contributed by atoms with Gasteiger partial charge < -0.3 is 4.90 Å². The molecule has 2 rings (SSSR count). The Balaban J connectivity index is 2.43. The molecular weight excluding hydrogens is 280 g/mol. The summed E-state index contributed by atoms with van der Waals surface area (Å²) in [7, 11) is 0.766. The smallest absolute Gasteiger partial charge is 0.185 e. The molecule has 0 unspecified atom stereocenters. The van der Waals surface area contributed by atoms with Crippen LogP contribution in [0.3, 0.4) is 0 Å². The van der Waals surface area contributed by atoms with Crippen LogP contribution in [0.15, 0.2) is 29.2 Å². The van der Waals surface area contributed by atoms with Crippen molar-refractivity contribution in [2.24, 2.45) is 0 Å². The van der Waals surface area contributed by atoms with Gasteiger partial charge in [0.1, 0.15) is 0 Å². The van der Waals surface area contributed by atoms with Crippen LogP contribution in [0.5, 0.6) is 0 Å². The Morgan fingerprint density at radius 2 is 1.74 bits per heavy atom. The number of aryl methyl sites for hydroxylation is 1. The van der Waals surface area contributed by atoms with E-state index in [-0.39, 0.29) is 0 Å². The molecule has 6 heteroatoms. The maximum absolute atomic E-state index is 11.4. The third-order valence-corrected chi connectivity index (χ3v) is 5.22. The predicted octanol–water partition coefficient (Wildman–Crippen LogP) is 2.59. The molecule has 19 heavy (non-hydrogen) atoms. The van der Waals surface area contributed by atoms with E-state index >= 15 is 0 Å². The Morgan fingerprint density at radius 3 is 2.16 bits per heavy atom. The standard InChI is InChI=1S/C13H16N2O2S2/c1-9-12(18-13(14-9)15(2)3)10-5-7-11(8-6-10)19(4,16)17/h5-8H,1-4H3. The second-order valence-corrected chi connectivity index (χ2v) is 7.60. The number of anilines is 1. The number of nitrogens with zero attached hydrogens (tertiary/aromatic N) is 2. The first-order chi connectivity index (χ1) is 8.79. The first-order valence-electron chi connectivity index (χ1n) is 5.74. The molecule has 0 amide bonds. The van der Waals surface area contributed by atoms with E-state index in [2.05, 4.69) is 4.98 Å². The van der Waals surface area contributed by atoms with E-state index in [1.54, 1.807) is 23.5 Å². The molecule has 0 radical (unpaired) electrons. The second kappa shape index (κ2) is 4.94. The third-order valence-electron chi connectivity index (χ3n) is 2.71. The molecular formula is C13H16N2O2S2. The van der Waals surface area contributed by atoms with E-state index in [0.29, 0.717) is 4.90 Å². The van der Waals surface area contributed by atoms with Gasteiger partial charge in [0.05, 0.1) is 15.5 Å². The molecule has 0 atom stereocenters. The highest BCUT2D eigenvalue weighted by Crippen LogP contribution is 2.34. The van der Waals surface area contributed by atoms with Gasteiger partial charge in [-0.25, -0.2) is 13.4 Å². The number of sulfone groups is 1. The van der Waals surface area contributed by atoms with E-state index in [1.165, 1.54) is 6.26 Å². The molecule has 0 bridgehead atoms. The lowest BCUT2D eigenvalue weighted by Crippen LogP contribution is -2.07. The molecule has 1 aromatic carbocycles. The van der Waals surface area contributed by atoms with Crippen LogP contribution in [0.25, 0.3) is 10.4 Å². The van der Waals surface area contributed by atoms with Crippen molar-refractivity contribution >= 4 is 26.3 Å². The third kappa shape index (κ3) is 2.96. The lowest BCUT2D eigenvalue weighted by Gasteiger charge is -2.05. The zero-order valence-corrected chi connectivity index (χ0v) is 13.0. The van der Waals surface area contributed by atoms with Crippen molar-refractivity contribution in [3.63, 3.8) is 0 Å². The van der Waals surface area contributed by atoms with E-state index in [9.17, 15) is 8.42 Å². The summed E-state index contributed by atoms with van der Waals surface area (Å²) in [4.78, 5) is 7.86. The minimum atomic E-state index is -3.14. The second-order valence-electron chi connectivity index (χ2n) is 4.60. The Hall–Kier alpha value is -1.40. The minimum Gasteiger partial charge on any atom is -0.354 e. The summed E-state index contributed by atoms with van der Waals surface area (Å²) < 4.78 is 22.8. The molecule has 0 aliphatic heterocycles. The van der Waals surface area contributed by atoms with Crippen molar-refractivity contribution in [2.75, 3.05) is 25.3 Å². The molecule has 0 saturated carbocycles. The molecule has 0 spiro atoms. The lowest BCUT2D eigenvalue weighted by molar-refractivity contribution is 0.602. The molecule has 1 aromatic heterocycles. The van der Waals surface area contributed by atoms with E-state index in [4.69, 9.17) is 0 Å². The van der Waals surface area contributed by atoms with E-state index in [1.807, 2.05) is 38.1 Å². The summed E-state index contributed by atoms with van der Waals surface area (Å²) >= 11 is 1.60. The van der Waals surface area contributed by atoms with Crippen molar-refractivity contribution in [1.82, 2.24) is 4.98 Å². The van der Waals surface area contributed by atoms with E-state index in [0.717, 1.165) is 21.3 Å². The summed E-state index contributed by atoms with van der Waals surface area (Å²) in [6.07, 6.45) is 1.21. The molecule has 0 aliphatic carbocycles. The fraction of sp³-hybridized carbons (Fsp3) is 0.308. The maximum atomic E-state index is 11.4. The molecule has 0 N–H and O–H groups in total. The number of hydrogen-bond donors (Lipinski definition) is 0. The summed E-state index contributed by atoms with van der Waals surface area (Å²) in [5.41, 5.74) is 1.95. The van der Waals surface area contributed by atoms with Crippen LogP contribution in [0.2, 0.25) is 0 Å². The average molecular weight is 296 g/mol. The Bertz CT molecular complexity index is 686. The fourth-order valence-electron chi connectivity index (χ4n) is 1.69. The Labute approximate surface area is 117 Å². The minimum absolute atomic E-state index is 0.339. The fourth-order valence-corrected chi connectivity index (χ4v) is 3.32. The molecule has 1 heterocycles. The van der Waals surface area contributed by atoms with Crippen LogP contribution in [0, 0.1) is 6.92 Å². The Kier molecular flexibility index (Phi) is 3.64. The molecule has 2 aromatic rings. The number of hydrogen-bond acceptors (Lipinski definition) is 5. The van der Waals surface area contributed by atoms with Crippen molar-refractivity contribution in [2.45, 2.75) is 11.8 Å². The van der Waals surface area contributed by atoms with Crippen LogP contribution in [-0.2, 0) is 9.84 Å². The van der Waals surface area contributed by atoms with Gasteiger partial charge in [-0.05, 0) is 24.6 Å². The highest BCUT2D eigenvalue weighted by molar-refractivity contribution is 7.90. The normalized spacial score (nSPS) is 11.6. The average Bonchev–Trinajstić information content (AvgIpc) is 2.70. The van der Waals surface area contributed by atoms with Crippen molar-refractivity contribution in [1.29, 1.82) is 0 Å². The van der Waals surface area contributed by atoms with Gasteiger partial charge in [-0.1, -0.05) is 23.5 Å². The zero-order chi connectivity index (χ0) is 14.2. The van der Waals surface area contributed by atoms with Crippen molar-refractivity contribution in [3.8, 4) is 10.4 Å². The highest BCUT2D eigenvalue weighted by atomic mass is 32.2. The summed E-state index contributed by atoms with van der Waals surface area (Å²) in [5, 5.41) is 0.944. The zero-order valence-electron chi connectivity index (χ0n) is 11.3. The largest absolute Gasteiger partial charge is 0.354 e. The van der Waals surface area contributed by atoms with E-state index < -0.39 is 9.84 Å². The molecule has 102 valence electrons. The molecule has 0 saturated heterocycles. The van der Waals surface area contributed by atoms with Crippen molar-refractivity contribution < 1.29 is 8.42 Å². The Morgan fingerprint density at radius 1 is 1.16 bits per heavy atom. The first-order valence-corrected chi connectivity index (χ1v) is 8.45. The van der Waals surface area contributed by atoms with Crippen LogP contribution in [0.4, 0.5) is 5.13 Å². The highest BCUT2D eigenvalue weighted by Gasteiger charge is 2.12. The molecule has 4 nitrogen and oxygen atoms in total. The predicted molar refractivity (Wildman–Crippen MR) is 79.7 cm³/mol. The molecule has 0 aliphatic rings. The number of aromatic nitrogens is 1. The molecule has 0 fully saturated rings. The van der Waals surface area contributed by atoms with Gasteiger partial charge in [0.15, 0.2) is 15.0 Å². The summed E-state index contributed by atoms with van der Waals surface area (Å²) in [5.74, 6) is 0. The monoisotopic (exact) mass is 296 g/mol. The summed E-state index contributed by atoms with van der Waals surface area (Å²) in [6, 6.07) is 6.94. The van der Waals surface area contributed by atoms with Gasteiger partial charge in [-0.15, -0.1) is 0 Å². The quantitative estimate of drug-likeness (QED) is 0.873. The number of rotatable bonds is 3. The van der Waals surface area contributed by atoms with Crippen LogP contribution < -0.4 is 4.90 Å². The van der Waals surface area contributed by atoms with Gasteiger partial charge in [0.2, 0.25) is 0 Å².